The van der Waals surface area contributed by atoms with Crippen LogP contribution in [0, 0.1) is 5.92 Å². The molecular formula is C21H33N7OS. The van der Waals surface area contributed by atoms with Crippen LogP contribution in [-0.4, -0.2) is 66.0 Å². The van der Waals surface area contributed by atoms with Gasteiger partial charge in [0.1, 0.15) is 12.4 Å². The van der Waals surface area contributed by atoms with E-state index in [-0.39, 0.29) is 0 Å². The summed E-state index contributed by atoms with van der Waals surface area (Å²) in [5.74, 6) is 3.26. The van der Waals surface area contributed by atoms with Crippen molar-refractivity contribution in [2.24, 2.45) is 10.9 Å². The molecule has 9 heteroatoms. The highest BCUT2D eigenvalue weighted by Gasteiger charge is 2.31. The zero-order valence-corrected chi connectivity index (χ0v) is 19.0. The second kappa shape index (κ2) is 9.89. The predicted octanol–water partition coefficient (Wildman–Crippen LogP) is 2.05. The molecule has 0 radical (unpaired) electrons. The largest absolute Gasteiger partial charge is 0.377 e. The number of nitrogens with one attached hydrogen (secondary N) is 2. The summed E-state index contributed by atoms with van der Waals surface area (Å²) in [5, 5.41) is 13.9. The lowest BCUT2D eigenvalue weighted by Crippen LogP contribution is -2.49. The molecule has 1 fully saturated rings. The van der Waals surface area contributed by atoms with Gasteiger partial charge in [-0.25, -0.2) is 9.67 Å². The Kier molecular flexibility index (Phi) is 7.01. The highest BCUT2D eigenvalue weighted by Crippen LogP contribution is 2.36. The number of fused-ring (bicyclic) bond motifs is 1. The van der Waals surface area contributed by atoms with Gasteiger partial charge in [0.15, 0.2) is 11.8 Å². The number of hydrogen-bond donors (Lipinski definition) is 2. The quantitative estimate of drug-likeness (QED) is 0.538. The van der Waals surface area contributed by atoms with Crippen LogP contribution < -0.4 is 10.6 Å². The molecule has 2 aromatic heterocycles. The van der Waals surface area contributed by atoms with Crippen molar-refractivity contribution in [1.82, 2.24) is 30.3 Å². The van der Waals surface area contributed by atoms with Crippen LogP contribution in [0.25, 0.3) is 0 Å². The molecule has 3 unspecified atom stereocenters. The number of thiophene rings is 1. The maximum Gasteiger partial charge on any atom is 0.191 e. The van der Waals surface area contributed by atoms with Gasteiger partial charge in [0.2, 0.25) is 0 Å². The number of aryl methyl sites for hydroxylation is 1. The number of piperidine rings is 1. The fourth-order valence-corrected chi connectivity index (χ4v) is 5.65. The molecule has 0 aliphatic carbocycles. The first-order valence-corrected chi connectivity index (χ1v) is 11.7. The lowest BCUT2D eigenvalue weighted by atomic mass is 9.88. The fraction of sp³-hybridized carbons (Fsp3) is 0.667. The van der Waals surface area contributed by atoms with Crippen LogP contribution >= 0.6 is 11.3 Å². The summed E-state index contributed by atoms with van der Waals surface area (Å²) in [6, 6.07) is 5.21. The maximum absolute atomic E-state index is 5.16. The van der Waals surface area contributed by atoms with Gasteiger partial charge in [0.05, 0.1) is 6.54 Å². The Labute approximate surface area is 182 Å². The van der Waals surface area contributed by atoms with Crippen molar-refractivity contribution in [2.45, 2.75) is 50.9 Å². The summed E-state index contributed by atoms with van der Waals surface area (Å²) >= 11 is 1.86. The Balaban J connectivity index is 1.33. The topological polar surface area (TPSA) is 79.6 Å². The smallest absolute Gasteiger partial charge is 0.191 e. The molecule has 0 bridgehead atoms. The van der Waals surface area contributed by atoms with Crippen LogP contribution in [0.2, 0.25) is 0 Å². The molecule has 0 aromatic carbocycles. The molecule has 2 aliphatic rings. The molecule has 8 nitrogen and oxygen atoms in total. The van der Waals surface area contributed by atoms with Crippen LogP contribution in [0.15, 0.2) is 22.5 Å². The Morgan fingerprint density at radius 3 is 3.07 bits per heavy atom. The molecule has 4 rings (SSSR count). The first-order valence-electron chi connectivity index (χ1n) is 10.8. The summed E-state index contributed by atoms with van der Waals surface area (Å²) in [6.45, 7) is 3.35. The number of rotatable bonds is 6. The second-order valence-corrected chi connectivity index (χ2v) is 9.21. The molecule has 2 aliphatic heterocycles. The number of likely N-dealkylation sites (tertiary alicyclic amines) is 1. The molecular weight excluding hydrogens is 398 g/mol. The van der Waals surface area contributed by atoms with Gasteiger partial charge in [-0.15, -0.1) is 11.3 Å². The van der Waals surface area contributed by atoms with E-state index in [4.69, 9.17) is 4.74 Å². The molecule has 1 saturated heterocycles. The Morgan fingerprint density at radius 2 is 2.30 bits per heavy atom. The van der Waals surface area contributed by atoms with Crippen LogP contribution in [0.5, 0.6) is 0 Å². The summed E-state index contributed by atoms with van der Waals surface area (Å²) in [5.41, 5.74) is 0. The lowest BCUT2D eigenvalue weighted by molar-refractivity contribution is 0.125. The van der Waals surface area contributed by atoms with Gasteiger partial charge in [0.25, 0.3) is 0 Å². The highest BCUT2D eigenvalue weighted by atomic mass is 32.1. The zero-order chi connectivity index (χ0) is 20.9. The molecule has 4 heterocycles. The van der Waals surface area contributed by atoms with E-state index in [1.165, 1.54) is 24.3 Å². The summed E-state index contributed by atoms with van der Waals surface area (Å²) in [7, 11) is 5.77. The van der Waals surface area contributed by atoms with Crippen molar-refractivity contribution in [2.75, 3.05) is 34.3 Å². The highest BCUT2D eigenvalue weighted by molar-refractivity contribution is 7.10. The number of ether oxygens (including phenoxy) is 1. The zero-order valence-electron chi connectivity index (χ0n) is 18.2. The minimum Gasteiger partial charge on any atom is -0.377 e. The Hall–Kier alpha value is -1.97. The van der Waals surface area contributed by atoms with E-state index in [9.17, 15) is 0 Å². The van der Waals surface area contributed by atoms with E-state index in [0.717, 1.165) is 43.5 Å². The number of hydrogen-bond acceptors (Lipinski definition) is 6. The normalized spacial score (nSPS) is 25.2. The fourth-order valence-electron chi connectivity index (χ4n) is 4.67. The van der Waals surface area contributed by atoms with Crippen molar-refractivity contribution in [1.29, 1.82) is 0 Å². The minimum absolute atomic E-state index is 0.294. The molecule has 164 valence electrons. The molecule has 30 heavy (non-hydrogen) atoms. The number of methoxy groups -OCH3 is 1. The number of aliphatic imine (C=N–C) groups is 1. The van der Waals surface area contributed by atoms with E-state index in [1.807, 2.05) is 23.1 Å². The van der Waals surface area contributed by atoms with Crippen molar-refractivity contribution in [3.8, 4) is 0 Å². The third kappa shape index (κ3) is 4.84. The van der Waals surface area contributed by atoms with Gasteiger partial charge in [-0.3, -0.25) is 9.89 Å². The Bertz CT molecular complexity index is 835. The molecule has 2 N–H and O–H groups in total. The average molecular weight is 432 g/mol. The molecule has 0 saturated carbocycles. The number of nitrogens with zero attached hydrogens (tertiary/aromatic N) is 5. The SMILES string of the molecule is CN=C(NCC1CCCN(C)C1c1cccs1)NC1CCc2nc(COC)nn2C1. The van der Waals surface area contributed by atoms with Crippen LogP contribution in [0.3, 0.4) is 0 Å². The van der Waals surface area contributed by atoms with Crippen molar-refractivity contribution < 1.29 is 4.74 Å². The van der Waals surface area contributed by atoms with Gasteiger partial charge in [-0.2, -0.15) is 5.10 Å². The number of guanidine groups is 1. The van der Waals surface area contributed by atoms with Gasteiger partial charge in [-0.1, -0.05) is 6.07 Å². The van der Waals surface area contributed by atoms with E-state index in [2.05, 4.69) is 55.2 Å². The third-order valence-electron chi connectivity index (χ3n) is 6.11. The van der Waals surface area contributed by atoms with Crippen LogP contribution in [0.4, 0.5) is 0 Å². The van der Waals surface area contributed by atoms with Gasteiger partial charge in [0, 0.05) is 44.1 Å². The molecule has 3 atom stereocenters. The average Bonchev–Trinajstić information content (AvgIpc) is 3.40. The van der Waals surface area contributed by atoms with E-state index in [1.54, 1.807) is 7.11 Å². The van der Waals surface area contributed by atoms with E-state index >= 15 is 0 Å². The van der Waals surface area contributed by atoms with Crippen molar-refractivity contribution in [3.63, 3.8) is 0 Å². The van der Waals surface area contributed by atoms with Gasteiger partial charge < -0.3 is 15.4 Å². The minimum atomic E-state index is 0.294. The van der Waals surface area contributed by atoms with Crippen molar-refractivity contribution in [3.05, 3.63) is 34.0 Å². The molecule has 0 spiro atoms. The predicted molar refractivity (Wildman–Crippen MR) is 120 cm³/mol. The monoisotopic (exact) mass is 431 g/mol. The number of aromatic nitrogens is 3. The first kappa shape index (κ1) is 21.3. The van der Waals surface area contributed by atoms with Gasteiger partial charge >= 0.3 is 0 Å². The van der Waals surface area contributed by atoms with Gasteiger partial charge in [-0.05, 0) is 50.2 Å². The van der Waals surface area contributed by atoms with Crippen LogP contribution in [0.1, 0.15) is 41.8 Å². The summed E-state index contributed by atoms with van der Waals surface area (Å²) < 4.78 is 7.17. The van der Waals surface area contributed by atoms with Crippen LogP contribution in [-0.2, 0) is 24.3 Å². The first-order chi connectivity index (χ1) is 14.7. The van der Waals surface area contributed by atoms with Crippen molar-refractivity contribution >= 4 is 17.3 Å². The van der Waals surface area contributed by atoms with E-state index in [0.29, 0.717) is 24.6 Å². The van der Waals surface area contributed by atoms with E-state index < -0.39 is 0 Å². The summed E-state index contributed by atoms with van der Waals surface area (Å²) in [4.78, 5) is 13.0. The molecule has 2 aromatic rings. The third-order valence-corrected chi connectivity index (χ3v) is 7.06. The lowest BCUT2D eigenvalue weighted by Gasteiger charge is -2.39. The maximum atomic E-state index is 5.16. The molecule has 0 amide bonds. The summed E-state index contributed by atoms with van der Waals surface area (Å²) in [6.07, 6.45) is 4.43. The second-order valence-electron chi connectivity index (χ2n) is 8.24. The Morgan fingerprint density at radius 1 is 1.40 bits per heavy atom. The standard InChI is InChI=1S/C21H33N7OS/c1-22-21(24-16-8-9-19-25-18(14-29-3)26-28(19)13-16)23-12-15-6-4-10-27(2)20(15)17-7-5-11-30-17/h5,7,11,15-16,20H,4,6,8-10,12-14H2,1-3H3,(H2,22,23,24).